The van der Waals surface area contributed by atoms with Crippen LogP contribution in [0.15, 0.2) is 70.6 Å². The van der Waals surface area contributed by atoms with Crippen molar-refractivity contribution in [2.75, 3.05) is 11.4 Å². The summed E-state index contributed by atoms with van der Waals surface area (Å²) >= 11 is 0. The van der Waals surface area contributed by atoms with Gasteiger partial charge < -0.3 is 27.8 Å². The van der Waals surface area contributed by atoms with Crippen LogP contribution < -0.4 is 27.8 Å². The molecule has 1 aliphatic carbocycles. The maximum Gasteiger partial charge on any atom is 0.191 e. The molecule has 1 aliphatic rings. The van der Waals surface area contributed by atoms with E-state index in [0.717, 1.165) is 40.1 Å². The molecule has 0 amide bonds. The maximum atomic E-state index is 5.67. The monoisotopic (exact) mass is 501 g/mol. The molecule has 0 unspecified atom stereocenters. The topological polar surface area (TPSA) is 132 Å². The number of nitrogens with two attached hydrogens (primary N) is 4. The van der Waals surface area contributed by atoms with Gasteiger partial charge >= 0.3 is 0 Å². The smallest absolute Gasteiger partial charge is 0.191 e. The molecule has 0 spiro atoms. The summed E-state index contributed by atoms with van der Waals surface area (Å²) in [5.74, 6) is 0.757. The number of hydrogen-bond acceptors (Lipinski definition) is 3. The fourth-order valence-electron chi connectivity index (χ4n) is 4.57. The van der Waals surface area contributed by atoms with Crippen LogP contribution in [0.4, 0.5) is 22.7 Å². The Balaban J connectivity index is 0.00000204. The van der Waals surface area contributed by atoms with Crippen LogP contribution >= 0.6 is 24.8 Å². The zero-order chi connectivity index (χ0) is 22.5. The fourth-order valence-corrected chi connectivity index (χ4v) is 4.57. The molecule has 0 atom stereocenters. The van der Waals surface area contributed by atoms with Gasteiger partial charge in [-0.3, -0.25) is 0 Å². The van der Waals surface area contributed by atoms with Gasteiger partial charge in [0.1, 0.15) is 0 Å². The number of aliphatic imine (C=N–C) groups is 2. The van der Waals surface area contributed by atoms with Crippen molar-refractivity contribution < 1.29 is 0 Å². The van der Waals surface area contributed by atoms with E-state index in [9.17, 15) is 0 Å². The van der Waals surface area contributed by atoms with E-state index in [4.69, 9.17) is 22.9 Å². The summed E-state index contributed by atoms with van der Waals surface area (Å²) in [6.45, 7) is 0.952. The number of fused-ring (bicyclic) bond motifs is 1. The van der Waals surface area contributed by atoms with Crippen molar-refractivity contribution in [3.8, 4) is 0 Å². The Morgan fingerprint density at radius 2 is 1.35 bits per heavy atom. The van der Waals surface area contributed by atoms with Gasteiger partial charge in [0.15, 0.2) is 11.9 Å². The predicted octanol–water partition coefficient (Wildman–Crippen LogP) is 5.21. The van der Waals surface area contributed by atoms with E-state index in [1.807, 2.05) is 30.3 Å². The second-order valence-electron chi connectivity index (χ2n) is 8.35. The molecule has 0 aliphatic heterocycles. The van der Waals surface area contributed by atoms with Crippen LogP contribution in [0.1, 0.15) is 32.1 Å². The molecular weight excluding hydrogens is 469 g/mol. The summed E-state index contributed by atoms with van der Waals surface area (Å²) in [5.41, 5.74) is 26.1. The molecule has 0 saturated heterocycles. The van der Waals surface area contributed by atoms with E-state index in [-0.39, 0.29) is 36.7 Å². The van der Waals surface area contributed by atoms with Crippen LogP contribution in [-0.4, -0.2) is 18.5 Å². The third-order valence-corrected chi connectivity index (χ3v) is 6.00. The van der Waals surface area contributed by atoms with Gasteiger partial charge in [0, 0.05) is 28.7 Å². The molecule has 0 radical (unpaired) electrons. The Morgan fingerprint density at radius 3 is 1.97 bits per heavy atom. The van der Waals surface area contributed by atoms with Crippen LogP contribution in [-0.2, 0) is 0 Å². The molecule has 3 aromatic carbocycles. The third-order valence-electron chi connectivity index (χ3n) is 6.00. The Labute approximate surface area is 213 Å². The van der Waals surface area contributed by atoms with Crippen LogP contribution in [0, 0.1) is 5.92 Å². The van der Waals surface area contributed by atoms with Crippen molar-refractivity contribution in [2.24, 2.45) is 38.8 Å². The fraction of sp³-hybridized carbons (Fsp3) is 0.280. The van der Waals surface area contributed by atoms with Crippen molar-refractivity contribution in [1.29, 1.82) is 0 Å². The lowest BCUT2D eigenvalue weighted by Crippen LogP contribution is -2.26. The molecule has 1 fully saturated rings. The van der Waals surface area contributed by atoms with Gasteiger partial charge in [0.25, 0.3) is 0 Å². The number of benzene rings is 3. The van der Waals surface area contributed by atoms with E-state index in [1.54, 1.807) is 0 Å². The Bertz CT molecular complexity index is 1130. The lowest BCUT2D eigenvalue weighted by atomic mass is 9.88. The van der Waals surface area contributed by atoms with Crippen LogP contribution in [0.2, 0.25) is 0 Å². The molecule has 0 aromatic heterocycles. The van der Waals surface area contributed by atoms with Gasteiger partial charge in [-0.2, -0.15) is 0 Å². The van der Waals surface area contributed by atoms with Crippen molar-refractivity contribution in [3.63, 3.8) is 0 Å². The minimum atomic E-state index is 0. The zero-order valence-electron chi connectivity index (χ0n) is 19.1. The molecule has 182 valence electrons. The first kappa shape index (κ1) is 27.1. The second-order valence-corrected chi connectivity index (χ2v) is 8.35. The first-order chi connectivity index (χ1) is 15.5. The van der Waals surface area contributed by atoms with Crippen LogP contribution in [0.3, 0.4) is 0 Å². The predicted molar refractivity (Wildman–Crippen MR) is 149 cm³/mol. The first-order valence-electron chi connectivity index (χ1n) is 11.1. The molecule has 0 heterocycles. The highest BCUT2D eigenvalue weighted by molar-refractivity contribution is 6.03. The summed E-state index contributed by atoms with van der Waals surface area (Å²) in [6, 6.07) is 20.4. The van der Waals surface area contributed by atoms with Crippen molar-refractivity contribution in [1.82, 2.24) is 0 Å². The van der Waals surface area contributed by atoms with Crippen LogP contribution in [0.5, 0.6) is 0 Å². The summed E-state index contributed by atoms with van der Waals surface area (Å²) in [4.78, 5) is 10.9. The molecule has 9 heteroatoms. The van der Waals surface area contributed by atoms with Gasteiger partial charge in [-0.1, -0.05) is 43.5 Å². The number of anilines is 2. The average molecular weight is 502 g/mol. The Hall–Kier alpha value is -3.16. The first-order valence-corrected chi connectivity index (χ1v) is 11.1. The van der Waals surface area contributed by atoms with Gasteiger partial charge in [-0.15, -0.1) is 24.8 Å². The number of rotatable bonds is 6. The normalized spacial score (nSPS) is 13.3. The lowest BCUT2D eigenvalue weighted by molar-refractivity contribution is 0.365. The number of guanidine groups is 2. The Kier molecular flexibility index (Phi) is 9.83. The largest absolute Gasteiger partial charge is 0.370 e. The molecule has 0 bridgehead atoms. The third kappa shape index (κ3) is 6.46. The Morgan fingerprint density at radius 1 is 0.735 bits per heavy atom. The van der Waals surface area contributed by atoms with Gasteiger partial charge in [0.2, 0.25) is 0 Å². The van der Waals surface area contributed by atoms with E-state index < -0.39 is 0 Å². The standard InChI is InChI=1S/C25H31N7.2ClH/c26-24(27)30-18-10-12-19(13-11-18)32(16-17-6-2-1-3-7-17)23-15-14-22(31-25(28)29)20-8-4-5-9-21(20)23;;/h4-5,8-15,17H,1-3,6-7,16H2,(H4,26,27,30)(H4,28,29,31);2*1H. The molecule has 7 nitrogen and oxygen atoms in total. The van der Waals surface area contributed by atoms with E-state index in [2.05, 4.69) is 45.2 Å². The molecule has 34 heavy (non-hydrogen) atoms. The zero-order valence-corrected chi connectivity index (χ0v) is 20.7. The van der Waals surface area contributed by atoms with E-state index >= 15 is 0 Å². The van der Waals surface area contributed by atoms with Gasteiger partial charge in [0.05, 0.1) is 11.4 Å². The molecule has 3 aromatic rings. The number of nitrogens with zero attached hydrogens (tertiary/aromatic N) is 3. The quantitative estimate of drug-likeness (QED) is 0.271. The summed E-state index contributed by atoms with van der Waals surface area (Å²) in [5, 5.41) is 2.13. The minimum absolute atomic E-state index is 0. The second kappa shape index (κ2) is 12.3. The van der Waals surface area contributed by atoms with Gasteiger partial charge in [-0.05, 0) is 55.2 Å². The average Bonchev–Trinajstić information content (AvgIpc) is 2.79. The van der Waals surface area contributed by atoms with Crippen LogP contribution in [0.25, 0.3) is 10.8 Å². The summed E-state index contributed by atoms with van der Waals surface area (Å²) < 4.78 is 0. The highest BCUT2D eigenvalue weighted by Crippen LogP contribution is 2.39. The molecule has 4 rings (SSSR count). The van der Waals surface area contributed by atoms with Crippen molar-refractivity contribution in [3.05, 3.63) is 60.7 Å². The molecular formula is C25H33Cl2N7. The summed E-state index contributed by atoms with van der Waals surface area (Å²) in [6.07, 6.45) is 6.44. The van der Waals surface area contributed by atoms with Gasteiger partial charge in [-0.25, -0.2) is 9.98 Å². The minimum Gasteiger partial charge on any atom is -0.370 e. The highest BCUT2D eigenvalue weighted by Gasteiger charge is 2.21. The van der Waals surface area contributed by atoms with Crippen molar-refractivity contribution in [2.45, 2.75) is 32.1 Å². The molecule has 8 N–H and O–H groups in total. The number of halogens is 2. The SMILES string of the molecule is Cl.Cl.NC(N)=Nc1ccc(N(CC2CCCCC2)c2ccc(N=C(N)N)c3ccccc23)cc1. The van der Waals surface area contributed by atoms with Crippen molar-refractivity contribution >= 4 is 70.3 Å². The lowest BCUT2D eigenvalue weighted by Gasteiger charge is -2.32. The summed E-state index contributed by atoms with van der Waals surface area (Å²) in [7, 11) is 0. The van der Waals surface area contributed by atoms with E-state index in [1.165, 1.54) is 32.1 Å². The number of hydrogen-bond donors (Lipinski definition) is 4. The highest BCUT2D eigenvalue weighted by atomic mass is 35.5. The maximum absolute atomic E-state index is 5.67. The molecule has 1 saturated carbocycles. The van der Waals surface area contributed by atoms with E-state index in [0.29, 0.717) is 5.92 Å².